The van der Waals surface area contributed by atoms with E-state index in [1.165, 1.54) is 18.5 Å². The van der Waals surface area contributed by atoms with Gasteiger partial charge in [-0.2, -0.15) is 0 Å². The van der Waals surface area contributed by atoms with E-state index in [0.717, 1.165) is 31.6 Å². The largest absolute Gasteiger partial charge is 0.495 e. The number of nitrogens with zero attached hydrogens (tertiary/aromatic N) is 4. The molecule has 0 radical (unpaired) electrons. The molecule has 2 fully saturated rings. The van der Waals surface area contributed by atoms with Crippen LogP contribution in [0.2, 0.25) is 0 Å². The van der Waals surface area contributed by atoms with Crippen LogP contribution in [-0.4, -0.2) is 71.3 Å². The van der Waals surface area contributed by atoms with Crippen LogP contribution < -0.4 is 25.4 Å². The number of rotatable bonds is 10. The molecule has 0 aliphatic carbocycles. The molecule has 1 atom stereocenters. The number of nitrogens with one attached hydrogen (secondary N) is 3. The van der Waals surface area contributed by atoms with Crippen LogP contribution in [0.15, 0.2) is 67.6 Å². The molecular formula is C32H34FN7O4. The lowest BCUT2D eigenvalue weighted by Crippen LogP contribution is -2.41. The van der Waals surface area contributed by atoms with Crippen LogP contribution in [0.4, 0.5) is 27.4 Å². The molecule has 1 amide bonds. The minimum absolute atomic E-state index is 0.0549. The van der Waals surface area contributed by atoms with Crippen LogP contribution in [0.3, 0.4) is 0 Å². The quantitative estimate of drug-likeness (QED) is 0.202. The van der Waals surface area contributed by atoms with E-state index in [0.29, 0.717) is 59.5 Å². The lowest BCUT2D eigenvalue weighted by molar-refractivity contribution is -0.126. The van der Waals surface area contributed by atoms with Crippen molar-refractivity contribution in [3.8, 4) is 17.2 Å². The van der Waals surface area contributed by atoms with Gasteiger partial charge in [-0.25, -0.2) is 19.3 Å². The van der Waals surface area contributed by atoms with Crippen LogP contribution in [0.1, 0.15) is 19.3 Å². The molecule has 6 rings (SSSR count). The fourth-order valence-electron chi connectivity index (χ4n) is 5.39. The second-order valence-electron chi connectivity index (χ2n) is 10.7. The number of benzene rings is 2. The Morgan fingerprint density at radius 1 is 1.02 bits per heavy atom. The number of anilines is 4. The topological polar surface area (TPSA) is 123 Å². The van der Waals surface area contributed by atoms with E-state index in [4.69, 9.17) is 14.2 Å². The molecule has 4 heterocycles. The zero-order valence-corrected chi connectivity index (χ0v) is 24.4. The average Bonchev–Trinajstić information content (AvgIpc) is 3.55. The number of ether oxygens (including phenoxy) is 3. The monoisotopic (exact) mass is 599 g/mol. The fraction of sp³-hybridized carbons (Fsp3) is 0.312. The van der Waals surface area contributed by atoms with Crippen molar-refractivity contribution < 1.29 is 23.4 Å². The van der Waals surface area contributed by atoms with E-state index >= 15 is 4.39 Å². The summed E-state index contributed by atoms with van der Waals surface area (Å²) in [6, 6.07) is 12.2. The molecule has 2 aromatic heterocycles. The SMILES string of the molecule is C=CC(=O)N1CCC(Nc2cc3c(Nc4ccc(Oc5ccnc(N[C@H]6CCOC6)c5)cc4F)ncnc3cc2OC)CC1. The predicted molar refractivity (Wildman–Crippen MR) is 166 cm³/mol. The van der Waals surface area contributed by atoms with Gasteiger partial charge >= 0.3 is 0 Å². The molecule has 2 aliphatic rings. The van der Waals surface area contributed by atoms with E-state index < -0.39 is 5.82 Å². The Hall–Kier alpha value is -4.97. The minimum atomic E-state index is -0.502. The molecule has 228 valence electrons. The normalized spacial score (nSPS) is 16.9. The minimum Gasteiger partial charge on any atom is -0.495 e. The molecule has 2 aliphatic heterocycles. The molecule has 2 saturated heterocycles. The van der Waals surface area contributed by atoms with Gasteiger partial charge in [0.15, 0.2) is 0 Å². The lowest BCUT2D eigenvalue weighted by atomic mass is 10.0. The predicted octanol–water partition coefficient (Wildman–Crippen LogP) is 5.50. The van der Waals surface area contributed by atoms with Crippen molar-refractivity contribution in [3.63, 3.8) is 0 Å². The van der Waals surface area contributed by atoms with Gasteiger partial charge in [0.05, 0.1) is 36.6 Å². The molecular weight excluding hydrogens is 565 g/mol. The summed E-state index contributed by atoms with van der Waals surface area (Å²) in [5.41, 5.74) is 1.64. The Balaban J connectivity index is 1.17. The van der Waals surface area contributed by atoms with Gasteiger partial charge < -0.3 is 35.1 Å². The van der Waals surface area contributed by atoms with Gasteiger partial charge in [0.25, 0.3) is 0 Å². The highest BCUT2D eigenvalue weighted by molar-refractivity contribution is 5.95. The highest BCUT2D eigenvalue weighted by Crippen LogP contribution is 2.35. The Morgan fingerprint density at radius 3 is 2.61 bits per heavy atom. The third kappa shape index (κ3) is 6.65. The molecule has 2 aromatic carbocycles. The van der Waals surface area contributed by atoms with Gasteiger partial charge in [0.1, 0.15) is 41.0 Å². The van der Waals surface area contributed by atoms with Gasteiger partial charge in [-0.3, -0.25) is 4.79 Å². The molecule has 0 bridgehead atoms. The van der Waals surface area contributed by atoms with Crippen LogP contribution in [0.25, 0.3) is 10.9 Å². The van der Waals surface area contributed by atoms with Crippen LogP contribution in [0.5, 0.6) is 17.2 Å². The summed E-state index contributed by atoms with van der Waals surface area (Å²) in [6.45, 7) is 6.22. The number of hydrogen-bond donors (Lipinski definition) is 3. The number of carbonyl (C=O) groups excluding carboxylic acids is 1. The maximum absolute atomic E-state index is 15.3. The first-order valence-electron chi connectivity index (χ1n) is 14.5. The summed E-state index contributed by atoms with van der Waals surface area (Å²) in [4.78, 5) is 26.9. The number of carbonyl (C=O) groups is 1. The summed E-state index contributed by atoms with van der Waals surface area (Å²) in [5.74, 6) is 2.07. The van der Waals surface area contributed by atoms with Crippen molar-refractivity contribution >= 4 is 39.8 Å². The van der Waals surface area contributed by atoms with Gasteiger partial charge in [-0.05, 0) is 49.6 Å². The molecule has 0 saturated carbocycles. The Labute approximate surface area is 254 Å². The van der Waals surface area contributed by atoms with Crippen molar-refractivity contribution in [1.29, 1.82) is 0 Å². The van der Waals surface area contributed by atoms with Gasteiger partial charge in [-0.15, -0.1) is 0 Å². The number of pyridine rings is 1. The first-order chi connectivity index (χ1) is 21.5. The van der Waals surface area contributed by atoms with Crippen LogP contribution >= 0.6 is 0 Å². The summed E-state index contributed by atoms with van der Waals surface area (Å²) in [5, 5.41) is 10.7. The Morgan fingerprint density at radius 2 is 1.86 bits per heavy atom. The zero-order valence-electron chi connectivity index (χ0n) is 24.4. The summed E-state index contributed by atoms with van der Waals surface area (Å²) in [6.07, 6.45) is 6.89. The number of methoxy groups -OCH3 is 1. The first kappa shape index (κ1) is 29.1. The molecule has 11 nitrogen and oxygen atoms in total. The van der Waals surface area contributed by atoms with E-state index in [1.54, 1.807) is 42.5 Å². The molecule has 3 N–H and O–H groups in total. The summed E-state index contributed by atoms with van der Waals surface area (Å²) < 4.78 is 32.3. The van der Waals surface area contributed by atoms with Crippen molar-refractivity contribution in [2.45, 2.75) is 31.3 Å². The lowest BCUT2D eigenvalue weighted by Gasteiger charge is -2.32. The van der Waals surface area contributed by atoms with E-state index in [2.05, 4.69) is 37.5 Å². The van der Waals surface area contributed by atoms with Crippen LogP contribution in [0, 0.1) is 5.82 Å². The fourth-order valence-corrected chi connectivity index (χ4v) is 5.39. The second-order valence-corrected chi connectivity index (χ2v) is 10.7. The summed E-state index contributed by atoms with van der Waals surface area (Å²) >= 11 is 0. The van der Waals surface area contributed by atoms with Gasteiger partial charge in [0, 0.05) is 55.5 Å². The highest BCUT2D eigenvalue weighted by Gasteiger charge is 2.23. The van der Waals surface area contributed by atoms with Crippen molar-refractivity contribution in [2.24, 2.45) is 0 Å². The smallest absolute Gasteiger partial charge is 0.245 e. The highest BCUT2D eigenvalue weighted by atomic mass is 19.1. The van der Waals surface area contributed by atoms with Crippen LogP contribution in [-0.2, 0) is 9.53 Å². The zero-order chi connectivity index (χ0) is 30.5. The van der Waals surface area contributed by atoms with E-state index in [1.807, 2.05) is 12.1 Å². The second kappa shape index (κ2) is 13.1. The van der Waals surface area contributed by atoms with Gasteiger partial charge in [0.2, 0.25) is 5.91 Å². The van der Waals surface area contributed by atoms with E-state index in [-0.39, 0.29) is 23.7 Å². The van der Waals surface area contributed by atoms with E-state index in [9.17, 15) is 4.79 Å². The van der Waals surface area contributed by atoms with Gasteiger partial charge in [-0.1, -0.05) is 6.58 Å². The molecule has 0 unspecified atom stereocenters. The molecule has 4 aromatic rings. The molecule has 44 heavy (non-hydrogen) atoms. The number of aromatic nitrogens is 3. The van der Waals surface area contributed by atoms with Crippen molar-refractivity contribution in [2.75, 3.05) is 49.4 Å². The number of piperidine rings is 1. The number of halogens is 1. The van der Waals surface area contributed by atoms with Crippen molar-refractivity contribution in [3.05, 3.63) is 73.5 Å². The number of fused-ring (bicyclic) bond motifs is 1. The maximum Gasteiger partial charge on any atom is 0.245 e. The van der Waals surface area contributed by atoms with Crippen molar-refractivity contribution in [1.82, 2.24) is 19.9 Å². The number of amides is 1. The Kier molecular flexibility index (Phi) is 8.69. The third-order valence-electron chi connectivity index (χ3n) is 7.74. The number of likely N-dealkylation sites (tertiary alicyclic amines) is 1. The maximum atomic E-state index is 15.3. The standard InChI is InChI=1S/C32H34FN7O4/c1-3-31(41)40-11-7-20(8-12-40)37-28-16-24-27(17-29(28)42-2)35-19-36-32(24)39-26-5-4-22(14-25(26)33)44-23-6-10-34-30(15-23)38-21-9-13-43-18-21/h3-6,10,14-17,19-21,37H,1,7-9,11-13,18H2,2H3,(H,34,38)(H,35,36,39)/t21-/m0/s1. The number of hydrogen-bond acceptors (Lipinski definition) is 10. The molecule has 0 spiro atoms. The first-order valence-corrected chi connectivity index (χ1v) is 14.5. The average molecular weight is 600 g/mol. The Bertz CT molecular complexity index is 1660. The third-order valence-corrected chi connectivity index (χ3v) is 7.74. The molecule has 12 heteroatoms. The summed E-state index contributed by atoms with van der Waals surface area (Å²) in [7, 11) is 1.60.